The van der Waals surface area contributed by atoms with Gasteiger partial charge >= 0.3 is 0 Å². The summed E-state index contributed by atoms with van der Waals surface area (Å²) in [6.45, 7) is 0. The number of benzene rings is 4. The highest BCUT2D eigenvalue weighted by Gasteiger charge is 2.39. The van der Waals surface area contributed by atoms with E-state index in [2.05, 4.69) is 4.98 Å². The number of rotatable bonds is 6. The van der Waals surface area contributed by atoms with E-state index < -0.39 is 11.2 Å². The van der Waals surface area contributed by atoms with E-state index in [1.807, 2.05) is 121 Å². The molecule has 34 heavy (non-hydrogen) atoms. The van der Waals surface area contributed by atoms with E-state index in [9.17, 15) is 10.2 Å². The van der Waals surface area contributed by atoms with Crippen molar-refractivity contribution in [1.29, 1.82) is 0 Å². The van der Waals surface area contributed by atoms with Gasteiger partial charge in [-0.25, -0.2) is 0 Å². The zero-order valence-corrected chi connectivity index (χ0v) is 18.6. The van der Waals surface area contributed by atoms with Gasteiger partial charge in [0.05, 0.1) is 5.69 Å². The van der Waals surface area contributed by atoms with E-state index in [4.69, 9.17) is 0 Å². The van der Waals surface area contributed by atoms with Crippen molar-refractivity contribution in [1.82, 2.24) is 4.98 Å². The van der Waals surface area contributed by atoms with E-state index in [0.29, 0.717) is 22.4 Å². The molecule has 0 bridgehead atoms. The molecule has 0 aliphatic rings. The first-order valence-corrected chi connectivity index (χ1v) is 11.3. The fraction of sp³-hybridized carbons (Fsp3) is 0.0645. The summed E-state index contributed by atoms with van der Waals surface area (Å²) in [7, 11) is 0. The summed E-state index contributed by atoms with van der Waals surface area (Å²) in [5, 5.41) is 24.5. The van der Waals surface area contributed by atoms with Gasteiger partial charge in [0.15, 0.2) is 5.60 Å². The van der Waals surface area contributed by atoms with Gasteiger partial charge in [0.25, 0.3) is 0 Å². The molecule has 4 aromatic carbocycles. The molecule has 1 heterocycles. The highest BCUT2D eigenvalue weighted by Crippen LogP contribution is 2.40. The van der Waals surface area contributed by atoms with Crippen LogP contribution in [0.3, 0.4) is 0 Å². The molecule has 0 radical (unpaired) electrons. The normalized spacial score (nSPS) is 11.8. The molecular formula is C31H25NO2. The van der Waals surface area contributed by atoms with Gasteiger partial charge in [0, 0.05) is 6.20 Å². The largest absolute Gasteiger partial charge is 0.376 e. The predicted octanol–water partition coefficient (Wildman–Crippen LogP) is 5.65. The highest BCUT2D eigenvalue weighted by molar-refractivity contribution is 5.50. The third-order valence-corrected chi connectivity index (χ3v) is 6.31. The third kappa shape index (κ3) is 3.71. The van der Waals surface area contributed by atoms with Crippen molar-refractivity contribution in [2.75, 3.05) is 0 Å². The van der Waals surface area contributed by atoms with E-state index in [0.717, 1.165) is 11.1 Å². The van der Waals surface area contributed by atoms with Crippen LogP contribution in [0.4, 0.5) is 0 Å². The van der Waals surface area contributed by atoms with Crippen molar-refractivity contribution in [2.24, 2.45) is 0 Å². The molecule has 2 N–H and O–H groups in total. The van der Waals surface area contributed by atoms with E-state index in [-0.39, 0.29) is 0 Å². The van der Waals surface area contributed by atoms with Crippen LogP contribution in [0.15, 0.2) is 140 Å². The smallest absolute Gasteiger partial charge is 0.157 e. The van der Waals surface area contributed by atoms with Crippen LogP contribution >= 0.6 is 0 Å². The fourth-order valence-corrected chi connectivity index (χ4v) is 4.53. The predicted molar refractivity (Wildman–Crippen MR) is 134 cm³/mol. The summed E-state index contributed by atoms with van der Waals surface area (Å²) in [6, 6.07) is 41.8. The van der Waals surface area contributed by atoms with E-state index in [1.54, 1.807) is 18.3 Å². The van der Waals surface area contributed by atoms with Gasteiger partial charge in [0.2, 0.25) is 0 Å². The Morgan fingerprint density at radius 1 is 0.412 bits per heavy atom. The third-order valence-electron chi connectivity index (χ3n) is 6.31. The van der Waals surface area contributed by atoms with Crippen LogP contribution in [0.5, 0.6) is 0 Å². The summed E-state index contributed by atoms with van der Waals surface area (Å²) >= 11 is 0. The molecular weight excluding hydrogens is 418 g/mol. The lowest BCUT2D eigenvalue weighted by molar-refractivity contribution is 0.115. The summed E-state index contributed by atoms with van der Waals surface area (Å²) < 4.78 is 0. The lowest BCUT2D eigenvalue weighted by atomic mass is 9.78. The van der Waals surface area contributed by atoms with Crippen LogP contribution in [-0.4, -0.2) is 15.2 Å². The standard InChI is InChI=1S/C31H25NO2/c33-30(24-13-5-1-6-14-24,25-15-7-2-8-16-25)28-21-22-32-29(23-28)31(34,26-17-9-3-10-18-26)27-19-11-4-12-20-27/h1-23,33-34H. The van der Waals surface area contributed by atoms with Crippen molar-refractivity contribution in [3.63, 3.8) is 0 Å². The minimum absolute atomic E-state index is 0.438. The molecule has 0 aliphatic carbocycles. The van der Waals surface area contributed by atoms with Crippen molar-refractivity contribution >= 4 is 0 Å². The Labute approximate surface area is 199 Å². The molecule has 0 spiro atoms. The second-order valence-electron chi connectivity index (χ2n) is 8.31. The minimum atomic E-state index is -1.49. The number of aromatic nitrogens is 1. The molecule has 0 unspecified atom stereocenters. The first kappa shape index (κ1) is 21.8. The van der Waals surface area contributed by atoms with Crippen molar-refractivity contribution in [2.45, 2.75) is 11.2 Å². The number of hydrogen-bond donors (Lipinski definition) is 2. The molecule has 5 rings (SSSR count). The van der Waals surface area contributed by atoms with Gasteiger partial charge in [-0.05, 0) is 39.9 Å². The Morgan fingerprint density at radius 3 is 1.15 bits per heavy atom. The quantitative estimate of drug-likeness (QED) is 0.357. The maximum absolute atomic E-state index is 12.2. The van der Waals surface area contributed by atoms with Gasteiger partial charge in [0.1, 0.15) is 5.60 Å². The highest BCUT2D eigenvalue weighted by atomic mass is 16.3. The van der Waals surface area contributed by atoms with Crippen LogP contribution < -0.4 is 0 Å². The van der Waals surface area contributed by atoms with Crippen LogP contribution in [0.2, 0.25) is 0 Å². The Kier molecular flexibility index (Phi) is 5.81. The van der Waals surface area contributed by atoms with Gasteiger partial charge in [-0.2, -0.15) is 0 Å². The van der Waals surface area contributed by atoms with Crippen LogP contribution in [-0.2, 0) is 11.2 Å². The van der Waals surface area contributed by atoms with E-state index >= 15 is 0 Å². The molecule has 0 atom stereocenters. The number of aliphatic hydroxyl groups is 2. The molecule has 1 aromatic heterocycles. The van der Waals surface area contributed by atoms with Crippen molar-refractivity contribution in [3.8, 4) is 0 Å². The van der Waals surface area contributed by atoms with Gasteiger partial charge in [-0.15, -0.1) is 0 Å². The summed E-state index contributed by atoms with van der Waals surface area (Å²) in [5.41, 5.74) is 1.03. The molecule has 0 saturated heterocycles. The SMILES string of the molecule is OC(c1ccccc1)(c1ccccc1)c1ccnc(C(O)(c2ccccc2)c2ccccc2)c1. The second-order valence-corrected chi connectivity index (χ2v) is 8.31. The summed E-state index contributed by atoms with van der Waals surface area (Å²) in [5.74, 6) is 0. The first-order chi connectivity index (χ1) is 16.6. The molecule has 0 aliphatic heterocycles. The van der Waals surface area contributed by atoms with Crippen LogP contribution in [0, 0.1) is 0 Å². The van der Waals surface area contributed by atoms with Gasteiger partial charge in [-0.3, -0.25) is 4.98 Å². The molecule has 166 valence electrons. The van der Waals surface area contributed by atoms with Crippen LogP contribution in [0.25, 0.3) is 0 Å². The topological polar surface area (TPSA) is 53.4 Å². The molecule has 0 fully saturated rings. The van der Waals surface area contributed by atoms with Crippen molar-refractivity contribution < 1.29 is 10.2 Å². The maximum Gasteiger partial charge on any atom is 0.157 e. The van der Waals surface area contributed by atoms with E-state index in [1.165, 1.54) is 0 Å². The molecule has 3 heteroatoms. The monoisotopic (exact) mass is 443 g/mol. The van der Waals surface area contributed by atoms with Gasteiger partial charge in [-0.1, -0.05) is 121 Å². The minimum Gasteiger partial charge on any atom is -0.376 e. The van der Waals surface area contributed by atoms with Gasteiger partial charge < -0.3 is 10.2 Å². The average molecular weight is 444 g/mol. The molecule has 3 nitrogen and oxygen atoms in total. The Hall–Kier alpha value is -4.05. The number of nitrogens with zero attached hydrogens (tertiary/aromatic N) is 1. The fourth-order valence-electron chi connectivity index (χ4n) is 4.53. The maximum atomic E-state index is 12.2. The second kappa shape index (κ2) is 9.06. The van der Waals surface area contributed by atoms with Crippen molar-refractivity contribution in [3.05, 3.63) is 173 Å². The molecule has 5 aromatic rings. The first-order valence-electron chi connectivity index (χ1n) is 11.3. The Morgan fingerprint density at radius 2 is 0.765 bits per heavy atom. The summed E-state index contributed by atoms with van der Waals surface area (Å²) in [4.78, 5) is 4.60. The lowest BCUT2D eigenvalue weighted by Crippen LogP contribution is -2.33. The number of pyridine rings is 1. The molecule has 0 amide bonds. The number of hydrogen-bond acceptors (Lipinski definition) is 3. The molecule has 0 saturated carbocycles. The zero-order valence-electron chi connectivity index (χ0n) is 18.6. The average Bonchev–Trinajstić information content (AvgIpc) is 2.94. The lowest BCUT2D eigenvalue weighted by Gasteiger charge is -2.33. The Balaban J connectivity index is 1.74. The zero-order chi connectivity index (χ0) is 23.4. The summed E-state index contributed by atoms with van der Waals surface area (Å²) in [6.07, 6.45) is 1.65. The van der Waals surface area contributed by atoms with Crippen LogP contribution in [0.1, 0.15) is 33.5 Å². The Bertz CT molecular complexity index is 1170.